The molecule has 0 amide bonds. The highest BCUT2D eigenvalue weighted by Crippen LogP contribution is 2.36. The summed E-state index contributed by atoms with van der Waals surface area (Å²) in [6.07, 6.45) is 7.45. The molecule has 3 heteroatoms. The minimum absolute atomic E-state index is 0.0528. The Morgan fingerprint density at radius 1 is 1.25 bits per heavy atom. The van der Waals surface area contributed by atoms with Crippen molar-refractivity contribution in [1.29, 1.82) is 0 Å². The normalized spacial score (nSPS) is 30.6. The number of ether oxygens (including phenoxy) is 2. The fourth-order valence-corrected chi connectivity index (χ4v) is 2.65. The van der Waals surface area contributed by atoms with Crippen LogP contribution in [0.3, 0.4) is 0 Å². The van der Waals surface area contributed by atoms with Gasteiger partial charge in [-0.05, 0) is 31.6 Å². The molecule has 3 nitrogen and oxygen atoms in total. The van der Waals surface area contributed by atoms with E-state index < -0.39 is 0 Å². The van der Waals surface area contributed by atoms with Crippen molar-refractivity contribution in [2.45, 2.75) is 51.0 Å². The molecule has 1 aliphatic carbocycles. The molecule has 0 heterocycles. The van der Waals surface area contributed by atoms with Gasteiger partial charge < -0.3 is 15.2 Å². The summed E-state index contributed by atoms with van der Waals surface area (Å²) in [4.78, 5) is 0. The number of nitrogens with two attached hydrogens (primary N) is 1. The molecule has 0 atom stereocenters. The molecule has 0 aliphatic heterocycles. The van der Waals surface area contributed by atoms with E-state index in [0.29, 0.717) is 19.8 Å². The summed E-state index contributed by atoms with van der Waals surface area (Å²) >= 11 is 0. The highest BCUT2D eigenvalue weighted by Gasteiger charge is 2.34. The number of methoxy groups -OCH3 is 1. The van der Waals surface area contributed by atoms with E-state index in [-0.39, 0.29) is 5.60 Å². The van der Waals surface area contributed by atoms with Gasteiger partial charge in [0.1, 0.15) is 0 Å². The predicted octanol–water partition coefficient (Wildman–Crippen LogP) is 2.34. The van der Waals surface area contributed by atoms with Gasteiger partial charge in [0.2, 0.25) is 0 Å². The third-order valence-corrected chi connectivity index (χ3v) is 3.78. The standard InChI is InChI=1S/C13H27NO2/c1-3-4-12-5-7-13(11-14,8-6-12)16-10-9-15-2/h12H,3-11,14H2,1-2H3. The predicted molar refractivity (Wildman–Crippen MR) is 66.5 cm³/mol. The van der Waals surface area contributed by atoms with Gasteiger partial charge in [0.05, 0.1) is 18.8 Å². The van der Waals surface area contributed by atoms with Gasteiger partial charge in [0.15, 0.2) is 0 Å². The van der Waals surface area contributed by atoms with Crippen LogP contribution in [0.2, 0.25) is 0 Å². The van der Waals surface area contributed by atoms with Gasteiger partial charge >= 0.3 is 0 Å². The summed E-state index contributed by atoms with van der Waals surface area (Å²) in [7, 11) is 1.70. The Labute approximate surface area is 99.7 Å². The lowest BCUT2D eigenvalue weighted by Crippen LogP contribution is -2.44. The van der Waals surface area contributed by atoms with Crippen LogP contribution >= 0.6 is 0 Å². The summed E-state index contributed by atoms with van der Waals surface area (Å²) in [5.41, 5.74) is 5.82. The van der Waals surface area contributed by atoms with E-state index in [0.717, 1.165) is 18.8 Å². The smallest absolute Gasteiger partial charge is 0.0805 e. The molecule has 0 spiro atoms. The van der Waals surface area contributed by atoms with Crippen molar-refractivity contribution in [3.8, 4) is 0 Å². The fourth-order valence-electron chi connectivity index (χ4n) is 2.65. The molecule has 0 bridgehead atoms. The molecule has 16 heavy (non-hydrogen) atoms. The van der Waals surface area contributed by atoms with Gasteiger partial charge in [0, 0.05) is 13.7 Å². The molecule has 0 radical (unpaired) electrons. The highest BCUT2D eigenvalue weighted by atomic mass is 16.5. The lowest BCUT2D eigenvalue weighted by atomic mass is 9.77. The minimum Gasteiger partial charge on any atom is -0.382 e. The number of hydrogen-bond donors (Lipinski definition) is 1. The van der Waals surface area contributed by atoms with Gasteiger partial charge in [0.25, 0.3) is 0 Å². The van der Waals surface area contributed by atoms with Gasteiger partial charge in [-0.3, -0.25) is 0 Å². The fraction of sp³-hybridized carbons (Fsp3) is 1.00. The van der Waals surface area contributed by atoms with Crippen molar-refractivity contribution in [3.05, 3.63) is 0 Å². The lowest BCUT2D eigenvalue weighted by molar-refractivity contribution is -0.0850. The summed E-state index contributed by atoms with van der Waals surface area (Å²) in [6, 6.07) is 0. The van der Waals surface area contributed by atoms with Crippen molar-refractivity contribution < 1.29 is 9.47 Å². The van der Waals surface area contributed by atoms with Crippen LogP contribution in [0.25, 0.3) is 0 Å². The molecule has 1 rings (SSSR count). The van der Waals surface area contributed by atoms with E-state index in [2.05, 4.69) is 6.92 Å². The molecule has 0 aromatic carbocycles. The monoisotopic (exact) mass is 229 g/mol. The molecule has 2 N–H and O–H groups in total. The minimum atomic E-state index is -0.0528. The summed E-state index contributed by atoms with van der Waals surface area (Å²) < 4.78 is 11.0. The Kier molecular flexibility index (Phi) is 6.32. The Hall–Kier alpha value is -0.120. The van der Waals surface area contributed by atoms with E-state index in [4.69, 9.17) is 15.2 Å². The maximum Gasteiger partial charge on any atom is 0.0805 e. The zero-order valence-corrected chi connectivity index (χ0v) is 10.8. The van der Waals surface area contributed by atoms with E-state index in [1.54, 1.807) is 7.11 Å². The molecule has 0 saturated heterocycles. The molecule has 1 fully saturated rings. The maximum atomic E-state index is 5.94. The second-order valence-corrected chi connectivity index (χ2v) is 4.96. The summed E-state index contributed by atoms with van der Waals surface area (Å²) in [6.45, 7) is 4.25. The van der Waals surface area contributed by atoms with Crippen molar-refractivity contribution in [1.82, 2.24) is 0 Å². The SMILES string of the molecule is CCCC1CCC(CN)(OCCOC)CC1. The molecule has 1 aliphatic rings. The Morgan fingerprint density at radius 3 is 2.44 bits per heavy atom. The van der Waals surface area contributed by atoms with Crippen LogP contribution in [0.4, 0.5) is 0 Å². The first-order valence-electron chi connectivity index (χ1n) is 6.59. The molecular formula is C13H27NO2. The first-order valence-corrected chi connectivity index (χ1v) is 6.59. The van der Waals surface area contributed by atoms with Crippen molar-refractivity contribution >= 4 is 0 Å². The molecule has 0 aromatic heterocycles. The van der Waals surface area contributed by atoms with Crippen LogP contribution in [0, 0.1) is 5.92 Å². The van der Waals surface area contributed by atoms with Gasteiger partial charge in [-0.1, -0.05) is 19.8 Å². The van der Waals surface area contributed by atoms with Crippen LogP contribution in [0.5, 0.6) is 0 Å². The van der Waals surface area contributed by atoms with Crippen LogP contribution in [0.15, 0.2) is 0 Å². The first-order chi connectivity index (χ1) is 7.76. The third-order valence-electron chi connectivity index (χ3n) is 3.78. The van der Waals surface area contributed by atoms with E-state index in [9.17, 15) is 0 Å². The van der Waals surface area contributed by atoms with E-state index >= 15 is 0 Å². The molecular weight excluding hydrogens is 202 g/mol. The van der Waals surface area contributed by atoms with Crippen molar-refractivity contribution in [2.75, 3.05) is 26.9 Å². The average molecular weight is 229 g/mol. The largest absolute Gasteiger partial charge is 0.382 e. The van der Waals surface area contributed by atoms with Gasteiger partial charge in [-0.25, -0.2) is 0 Å². The second-order valence-electron chi connectivity index (χ2n) is 4.96. The van der Waals surface area contributed by atoms with Crippen molar-refractivity contribution in [2.24, 2.45) is 11.7 Å². The third kappa shape index (κ3) is 4.04. The van der Waals surface area contributed by atoms with Gasteiger partial charge in [-0.2, -0.15) is 0 Å². The first kappa shape index (κ1) is 13.9. The molecule has 96 valence electrons. The number of hydrogen-bond acceptors (Lipinski definition) is 3. The molecule has 0 aromatic rings. The second kappa shape index (κ2) is 7.25. The maximum absolute atomic E-state index is 5.94. The van der Waals surface area contributed by atoms with Crippen LogP contribution in [0.1, 0.15) is 45.4 Å². The highest BCUT2D eigenvalue weighted by molar-refractivity contribution is 4.88. The summed E-state index contributed by atoms with van der Waals surface area (Å²) in [5.74, 6) is 0.899. The average Bonchev–Trinajstić information content (AvgIpc) is 2.32. The molecule has 1 saturated carbocycles. The van der Waals surface area contributed by atoms with Gasteiger partial charge in [-0.15, -0.1) is 0 Å². The molecule has 0 unspecified atom stereocenters. The lowest BCUT2D eigenvalue weighted by Gasteiger charge is -2.39. The zero-order valence-electron chi connectivity index (χ0n) is 10.8. The zero-order chi connectivity index (χ0) is 11.9. The topological polar surface area (TPSA) is 44.5 Å². The van der Waals surface area contributed by atoms with Crippen LogP contribution in [-0.2, 0) is 9.47 Å². The van der Waals surface area contributed by atoms with E-state index in [1.165, 1.54) is 25.7 Å². The number of rotatable bonds is 7. The van der Waals surface area contributed by atoms with Crippen LogP contribution < -0.4 is 5.73 Å². The van der Waals surface area contributed by atoms with E-state index in [1.807, 2.05) is 0 Å². The van der Waals surface area contributed by atoms with Crippen molar-refractivity contribution in [3.63, 3.8) is 0 Å². The quantitative estimate of drug-likeness (QED) is 0.681. The Bertz CT molecular complexity index is 177. The summed E-state index contributed by atoms with van der Waals surface area (Å²) in [5, 5.41) is 0. The van der Waals surface area contributed by atoms with Crippen LogP contribution in [-0.4, -0.2) is 32.5 Å². The Morgan fingerprint density at radius 2 is 1.94 bits per heavy atom. The Balaban J connectivity index is 2.32.